The Labute approximate surface area is 86.6 Å². The normalized spacial score (nSPS) is 10.2. The van der Waals surface area contributed by atoms with Gasteiger partial charge in [0.2, 0.25) is 5.91 Å². The Morgan fingerprint density at radius 1 is 1.47 bits per heavy atom. The minimum Gasteiger partial charge on any atom is -0.464 e. The lowest BCUT2D eigenvalue weighted by atomic mass is 10.3. The smallest absolute Gasteiger partial charge is 0.356 e. The van der Waals surface area contributed by atoms with Crippen molar-refractivity contribution in [1.29, 1.82) is 0 Å². The standard InChI is InChI=1S/C10H10N2O3/c1-15-10(14)8-4-2-3-7(12-8)5-6-9(11)13/h2-6H,1H3,(H2,11,13). The average molecular weight is 206 g/mol. The van der Waals surface area contributed by atoms with E-state index in [4.69, 9.17) is 5.73 Å². The van der Waals surface area contributed by atoms with Crippen molar-refractivity contribution >= 4 is 18.0 Å². The first kappa shape index (κ1) is 10.9. The molecule has 15 heavy (non-hydrogen) atoms. The summed E-state index contributed by atoms with van der Waals surface area (Å²) in [5, 5.41) is 0. The minimum absolute atomic E-state index is 0.184. The Balaban J connectivity index is 2.92. The molecule has 1 rings (SSSR count). The van der Waals surface area contributed by atoms with Crippen molar-refractivity contribution in [3.8, 4) is 0 Å². The number of rotatable bonds is 3. The molecule has 0 radical (unpaired) electrons. The monoisotopic (exact) mass is 206 g/mol. The molecule has 1 amide bonds. The highest BCUT2D eigenvalue weighted by Gasteiger charge is 2.05. The van der Waals surface area contributed by atoms with Crippen LogP contribution in [0.2, 0.25) is 0 Å². The molecule has 0 fully saturated rings. The number of nitrogens with zero attached hydrogens (tertiary/aromatic N) is 1. The number of esters is 1. The van der Waals surface area contributed by atoms with E-state index >= 15 is 0 Å². The molecule has 0 atom stereocenters. The summed E-state index contributed by atoms with van der Waals surface area (Å²) in [7, 11) is 1.27. The SMILES string of the molecule is COC(=O)c1cccc(C=CC(N)=O)n1. The van der Waals surface area contributed by atoms with Crippen LogP contribution in [0.5, 0.6) is 0 Å². The van der Waals surface area contributed by atoms with Gasteiger partial charge in [0.1, 0.15) is 5.69 Å². The molecule has 1 heterocycles. The molecule has 0 saturated heterocycles. The van der Waals surface area contributed by atoms with Crippen LogP contribution < -0.4 is 5.73 Å². The van der Waals surface area contributed by atoms with Crippen molar-refractivity contribution < 1.29 is 14.3 Å². The minimum atomic E-state index is -0.569. The van der Waals surface area contributed by atoms with Gasteiger partial charge in [-0.05, 0) is 18.2 Å². The molecule has 0 spiro atoms. The predicted molar refractivity (Wildman–Crippen MR) is 53.8 cm³/mol. The fourth-order valence-electron chi connectivity index (χ4n) is 0.930. The fourth-order valence-corrected chi connectivity index (χ4v) is 0.930. The molecule has 0 aromatic carbocycles. The van der Waals surface area contributed by atoms with Crippen LogP contribution in [0.1, 0.15) is 16.2 Å². The average Bonchev–Trinajstić information content (AvgIpc) is 2.25. The van der Waals surface area contributed by atoms with E-state index in [1.165, 1.54) is 25.3 Å². The van der Waals surface area contributed by atoms with Crippen molar-refractivity contribution in [1.82, 2.24) is 4.98 Å². The van der Waals surface area contributed by atoms with Crippen LogP contribution in [0.3, 0.4) is 0 Å². The summed E-state index contributed by atoms with van der Waals surface area (Å²) in [4.78, 5) is 25.5. The summed E-state index contributed by atoms with van der Waals surface area (Å²) in [5.74, 6) is -1.09. The highest BCUT2D eigenvalue weighted by Crippen LogP contribution is 2.02. The molecule has 78 valence electrons. The molecule has 0 aliphatic rings. The third kappa shape index (κ3) is 3.22. The third-order valence-corrected chi connectivity index (χ3v) is 1.58. The molecule has 1 aromatic rings. The van der Waals surface area contributed by atoms with Gasteiger partial charge in [0.25, 0.3) is 0 Å². The first-order valence-corrected chi connectivity index (χ1v) is 4.16. The van der Waals surface area contributed by atoms with Crippen LogP contribution in [0.25, 0.3) is 6.08 Å². The lowest BCUT2D eigenvalue weighted by Gasteiger charge is -1.98. The number of carbonyl (C=O) groups is 2. The second-order valence-electron chi connectivity index (χ2n) is 2.67. The number of hydrogen-bond donors (Lipinski definition) is 1. The second-order valence-corrected chi connectivity index (χ2v) is 2.67. The van der Waals surface area contributed by atoms with Gasteiger partial charge in [-0.3, -0.25) is 4.79 Å². The molecule has 5 heteroatoms. The fraction of sp³-hybridized carbons (Fsp3) is 0.100. The quantitative estimate of drug-likeness (QED) is 0.572. The van der Waals surface area contributed by atoms with Crippen molar-refractivity contribution in [3.63, 3.8) is 0 Å². The van der Waals surface area contributed by atoms with Crippen LogP contribution in [0.15, 0.2) is 24.3 Å². The van der Waals surface area contributed by atoms with Crippen molar-refractivity contribution in [3.05, 3.63) is 35.7 Å². The summed E-state index contributed by atoms with van der Waals surface area (Å²) >= 11 is 0. The van der Waals surface area contributed by atoms with E-state index < -0.39 is 11.9 Å². The lowest BCUT2D eigenvalue weighted by Crippen LogP contribution is -2.06. The third-order valence-electron chi connectivity index (χ3n) is 1.58. The topological polar surface area (TPSA) is 82.3 Å². The number of aromatic nitrogens is 1. The van der Waals surface area contributed by atoms with Crippen LogP contribution in [0, 0.1) is 0 Å². The Morgan fingerprint density at radius 3 is 2.80 bits per heavy atom. The first-order valence-electron chi connectivity index (χ1n) is 4.16. The lowest BCUT2D eigenvalue weighted by molar-refractivity contribution is -0.113. The molecular formula is C10H10N2O3. The highest BCUT2D eigenvalue weighted by atomic mass is 16.5. The number of carbonyl (C=O) groups excluding carboxylic acids is 2. The maximum Gasteiger partial charge on any atom is 0.356 e. The van der Waals surface area contributed by atoms with Crippen molar-refractivity contribution in [2.45, 2.75) is 0 Å². The predicted octanol–water partition coefficient (Wildman–Crippen LogP) is 0.367. The van der Waals surface area contributed by atoms with Crippen LogP contribution in [0.4, 0.5) is 0 Å². The Morgan fingerprint density at radius 2 is 2.20 bits per heavy atom. The van der Waals surface area contributed by atoms with Crippen molar-refractivity contribution in [2.75, 3.05) is 7.11 Å². The summed E-state index contributed by atoms with van der Waals surface area (Å²) in [6.45, 7) is 0. The number of nitrogens with two attached hydrogens (primary N) is 1. The van der Waals surface area contributed by atoms with Crippen LogP contribution in [-0.2, 0) is 9.53 Å². The summed E-state index contributed by atoms with van der Waals surface area (Å²) in [6.07, 6.45) is 2.60. The van der Waals surface area contributed by atoms with E-state index in [0.717, 1.165) is 0 Å². The Kier molecular flexibility index (Phi) is 3.56. The molecule has 5 nitrogen and oxygen atoms in total. The molecule has 1 aromatic heterocycles. The maximum atomic E-state index is 11.1. The summed E-state index contributed by atoms with van der Waals surface area (Å²) in [5.41, 5.74) is 5.57. The second kappa shape index (κ2) is 4.90. The van der Waals surface area contributed by atoms with Crippen LogP contribution >= 0.6 is 0 Å². The maximum absolute atomic E-state index is 11.1. The zero-order chi connectivity index (χ0) is 11.3. The van der Waals surface area contributed by atoms with Gasteiger partial charge in [-0.25, -0.2) is 9.78 Å². The zero-order valence-electron chi connectivity index (χ0n) is 8.14. The molecular weight excluding hydrogens is 196 g/mol. The summed E-state index contributed by atoms with van der Waals surface area (Å²) in [6, 6.07) is 4.80. The first-order chi connectivity index (χ1) is 7.13. The number of primary amides is 1. The van der Waals surface area contributed by atoms with Gasteiger partial charge in [-0.2, -0.15) is 0 Å². The molecule has 0 unspecified atom stereocenters. The molecule has 0 bridgehead atoms. The van der Waals surface area contributed by atoms with Gasteiger partial charge in [-0.15, -0.1) is 0 Å². The molecule has 0 aliphatic heterocycles. The van der Waals surface area contributed by atoms with Gasteiger partial charge in [0.15, 0.2) is 0 Å². The van der Waals surface area contributed by atoms with E-state index in [0.29, 0.717) is 5.69 Å². The van der Waals surface area contributed by atoms with Gasteiger partial charge in [0.05, 0.1) is 12.8 Å². The largest absolute Gasteiger partial charge is 0.464 e. The number of ether oxygens (including phenoxy) is 1. The number of methoxy groups -OCH3 is 1. The van der Waals surface area contributed by atoms with Gasteiger partial charge in [-0.1, -0.05) is 6.07 Å². The summed E-state index contributed by atoms with van der Waals surface area (Å²) < 4.78 is 4.50. The van der Waals surface area contributed by atoms with Crippen LogP contribution in [-0.4, -0.2) is 24.0 Å². The molecule has 0 saturated carbocycles. The van der Waals surface area contributed by atoms with Gasteiger partial charge < -0.3 is 10.5 Å². The van der Waals surface area contributed by atoms with E-state index in [-0.39, 0.29) is 5.69 Å². The van der Waals surface area contributed by atoms with E-state index in [2.05, 4.69) is 9.72 Å². The Hall–Kier alpha value is -2.17. The van der Waals surface area contributed by atoms with E-state index in [1.807, 2.05) is 0 Å². The van der Waals surface area contributed by atoms with E-state index in [9.17, 15) is 9.59 Å². The molecule has 0 aliphatic carbocycles. The zero-order valence-corrected chi connectivity index (χ0v) is 8.14. The Bertz CT molecular complexity index is 413. The highest BCUT2D eigenvalue weighted by molar-refractivity contribution is 5.90. The number of amides is 1. The molecule has 2 N–H and O–H groups in total. The van der Waals surface area contributed by atoms with Crippen molar-refractivity contribution in [2.24, 2.45) is 5.73 Å². The van der Waals surface area contributed by atoms with Gasteiger partial charge >= 0.3 is 5.97 Å². The van der Waals surface area contributed by atoms with Gasteiger partial charge in [0, 0.05) is 6.08 Å². The number of pyridine rings is 1. The number of hydrogen-bond acceptors (Lipinski definition) is 4. The van der Waals surface area contributed by atoms with E-state index in [1.54, 1.807) is 12.1 Å².